The van der Waals surface area contributed by atoms with Crippen LogP contribution in [0.25, 0.3) is 0 Å². The summed E-state index contributed by atoms with van der Waals surface area (Å²) in [7, 11) is -2.22. The van der Waals surface area contributed by atoms with Crippen LogP contribution < -0.4 is 4.72 Å². The molecule has 1 fully saturated rings. The number of rotatable bonds is 7. The standard InChI is InChI=1S/C12H23NO5S/c1-4-18-9(2)8-13-19(15,16)11-7-5-6-10(11)12(14)17-3/h9-11,13H,4-8H2,1-3H3. The van der Waals surface area contributed by atoms with Crippen LogP contribution >= 0.6 is 0 Å². The molecule has 0 heterocycles. The first-order valence-electron chi connectivity index (χ1n) is 6.60. The fourth-order valence-corrected chi connectivity index (χ4v) is 4.24. The summed E-state index contributed by atoms with van der Waals surface area (Å²) >= 11 is 0. The smallest absolute Gasteiger partial charge is 0.310 e. The number of hydrogen-bond acceptors (Lipinski definition) is 5. The molecular weight excluding hydrogens is 270 g/mol. The van der Waals surface area contributed by atoms with Crippen molar-refractivity contribution in [2.24, 2.45) is 5.92 Å². The van der Waals surface area contributed by atoms with Gasteiger partial charge in [-0.05, 0) is 26.7 Å². The number of methoxy groups -OCH3 is 1. The van der Waals surface area contributed by atoms with Gasteiger partial charge in [-0.1, -0.05) is 6.42 Å². The van der Waals surface area contributed by atoms with Gasteiger partial charge in [-0.25, -0.2) is 13.1 Å². The lowest BCUT2D eigenvalue weighted by atomic mass is 10.1. The summed E-state index contributed by atoms with van der Waals surface area (Å²) in [5.74, 6) is -0.990. The van der Waals surface area contributed by atoms with Crippen LogP contribution in [-0.2, 0) is 24.3 Å². The summed E-state index contributed by atoms with van der Waals surface area (Å²) in [4.78, 5) is 11.6. The SMILES string of the molecule is CCOC(C)CNS(=O)(=O)C1CCCC1C(=O)OC. The molecule has 6 nitrogen and oxygen atoms in total. The van der Waals surface area contributed by atoms with E-state index >= 15 is 0 Å². The van der Waals surface area contributed by atoms with Crippen LogP contribution in [0.1, 0.15) is 33.1 Å². The van der Waals surface area contributed by atoms with Crippen LogP contribution in [0.3, 0.4) is 0 Å². The van der Waals surface area contributed by atoms with Crippen molar-refractivity contribution in [1.82, 2.24) is 4.72 Å². The van der Waals surface area contributed by atoms with E-state index in [2.05, 4.69) is 9.46 Å². The van der Waals surface area contributed by atoms with Crippen molar-refractivity contribution in [3.05, 3.63) is 0 Å². The third-order valence-corrected chi connectivity index (χ3v) is 5.31. The second-order valence-corrected chi connectivity index (χ2v) is 6.74. The highest BCUT2D eigenvalue weighted by atomic mass is 32.2. The first-order valence-corrected chi connectivity index (χ1v) is 8.15. The molecule has 7 heteroatoms. The normalized spacial score (nSPS) is 25.2. The lowest BCUT2D eigenvalue weighted by Crippen LogP contribution is -2.42. The quantitative estimate of drug-likeness (QED) is 0.698. The van der Waals surface area contributed by atoms with Gasteiger partial charge in [0.25, 0.3) is 0 Å². The molecule has 0 spiro atoms. The Bertz CT molecular complexity index is 395. The van der Waals surface area contributed by atoms with E-state index in [1.165, 1.54) is 7.11 Å². The molecule has 0 saturated heterocycles. The number of carbonyl (C=O) groups excluding carboxylic acids is 1. The van der Waals surface area contributed by atoms with Gasteiger partial charge in [0, 0.05) is 13.2 Å². The Morgan fingerprint density at radius 3 is 2.68 bits per heavy atom. The molecular formula is C12H23NO5S. The molecule has 0 aromatic rings. The van der Waals surface area contributed by atoms with Gasteiger partial charge < -0.3 is 9.47 Å². The van der Waals surface area contributed by atoms with Crippen molar-refractivity contribution in [3.63, 3.8) is 0 Å². The van der Waals surface area contributed by atoms with Crippen molar-refractivity contribution in [2.75, 3.05) is 20.3 Å². The van der Waals surface area contributed by atoms with Gasteiger partial charge in [-0.15, -0.1) is 0 Å². The Labute approximate surface area is 114 Å². The van der Waals surface area contributed by atoms with E-state index in [0.717, 1.165) is 6.42 Å². The van der Waals surface area contributed by atoms with Gasteiger partial charge in [-0.3, -0.25) is 4.79 Å². The molecule has 0 aliphatic heterocycles. The highest BCUT2D eigenvalue weighted by Crippen LogP contribution is 2.31. The predicted molar refractivity (Wildman–Crippen MR) is 71.2 cm³/mol. The summed E-state index contributed by atoms with van der Waals surface area (Å²) in [6.07, 6.45) is 1.61. The van der Waals surface area contributed by atoms with Gasteiger partial charge in [0.15, 0.2) is 0 Å². The third kappa shape index (κ3) is 4.43. The Kier molecular flexibility index (Phi) is 6.22. The molecule has 3 atom stereocenters. The second-order valence-electron chi connectivity index (χ2n) is 4.76. The van der Waals surface area contributed by atoms with Gasteiger partial charge in [-0.2, -0.15) is 0 Å². The molecule has 0 aromatic heterocycles. The topological polar surface area (TPSA) is 81.7 Å². The molecule has 1 aliphatic carbocycles. The van der Waals surface area contributed by atoms with E-state index in [9.17, 15) is 13.2 Å². The minimum atomic E-state index is -3.51. The van der Waals surface area contributed by atoms with Crippen molar-refractivity contribution < 1.29 is 22.7 Å². The lowest BCUT2D eigenvalue weighted by molar-refractivity contribution is -0.145. The van der Waals surface area contributed by atoms with Crippen molar-refractivity contribution in [1.29, 1.82) is 0 Å². The van der Waals surface area contributed by atoms with Crippen molar-refractivity contribution >= 4 is 16.0 Å². The molecule has 1 rings (SSSR count). The Morgan fingerprint density at radius 2 is 2.11 bits per heavy atom. The van der Waals surface area contributed by atoms with Gasteiger partial charge in [0.1, 0.15) is 0 Å². The first-order chi connectivity index (χ1) is 8.92. The highest BCUT2D eigenvalue weighted by Gasteiger charge is 2.42. The summed E-state index contributed by atoms with van der Waals surface area (Å²) in [6.45, 7) is 4.42. The zero-order chi connectivity index (χ0) is 14.5. The number of hydrogen-bond donors (Lipinski definition) is 1. The Balaban J connectivity index is 2.63. The monoisotopic (exact) mass is 293 g/mol. The molecule has 1 aliphatic rings. The average molecular weight is 293 g/mol. The summed E-state index contributed by atoms with van der Waals surface area (Å²) in [5, 5.41) is -0.686. The van der Waals surface area contributed by atoms with Crippen LogP contribution in [0.2, 0.25) is 0 Å². The van der Waals surface area contributed by atoms with Gasteiger partial charge in [0.2, 0.25) is 10.0 Å². The number of carbonyl (C=O) groups is 1. The number of ether oxygens (including phenoxy) is 2. The Hall–Kier alpha value is -0.660. The first kappa shape index (κ1) is 16.4. The molecule has 0 amide bonds. The summed E-state index contributed by atoms with van der Waals surface area (Å²) in [6, 6.07) is 0. The number of sulfonamides is 1. The van der Waals surface area contributed by atoms with E-state index in [-0.39, 0.29) is 12.6 Å². The minimum Gasteiger partial charge on any atom is -0.469 e. The molecule has 0 aromatic carbocycles. The predicted octanol–water partition coefficient (Wildman–Crippen LogP) is 0.673. The van der Waals surface area contributed by atoms with E-state index in [1.54, 1.807) is 6.92 Å². The third-order valence-electron chi connectivity index (χ3n) is 3.38. The molecule has 19 heavy (non-hydrogen) atoms. The molecule has 112 valence electrons. The van der Waals surface area contributed by atoms with Gasteiger partial charge >= 0.3 is 5.97 Å². The van der Waals surface area contributed by atoms with E-state index in [4.69, 9.17) is 4.74 Å². The van der Waals surface area contributed by atoms with Crippen molar-refractivity contribution in [2.45, 2.75) is 44.5 Å². The van der Waals surface area contributed by atoms with Crippen molar-refractivity contribution in [3.8, 4) is 0 Å². The van der Waals surface area contributed by atoms with Crippen LogP contribution in [0.15, 0.2) is 0 Å². The van der Waals surface area contributed by atoms with Crippen LogP contribution in [0, 0.1) is 5.92 Å². The maximum atomic E-state index is 12.2. The zero-order valence-corrected chi connectivity index (χ0v) is 12.5. The molecule has 1 N–H and O–H groups in total. The summed E-state index contributed by atoms with van der Waals surface area (Å²) < 4.78 is 36.9. The molecule has 1 saturated carbocycles. The zero-order valence-electron chi connectivity index (χ0n) is 11.7. The maximum Gasteiger partial charge on any atom is 0.310 e. The van der Waals surface area contributed by atoms with E-state index < -0.39 is 27.2 Å². The largest absolute Gasteiger partial charge is 0.469 e. The fraction of sp³-hybridized carbons (Fsp3) is 0.917. The number of nitrogens with one attached hydrogen (secondary N) is 1. The molecule has 0 radical (unpaired) electrons. The maximum absolute atomic E-state index is 12.2. The molecule has 0 bridgehead atoms. The van der Waals surface area contributed by atoms with Gasteiger partial charge in [0.05, 0.1) is 24.4 Å². The van der Waals surface area contributed by atoms with Crippen LogP contribution in [0.5, 0.6) is 0 Å². The molecule has 3 unspecified atom stereocenters. The highest BCUT2D eigenvalue weighted by molar-refractivity contribution is 7.90. The average Bonchev–Trinajstić information content (AvgIpc) is 2.86. The lowest BCUT2D eigenvalue weighted by Gasteiger charge is -2.20. The van der Waals surface area contributed by atoms with Crippen LogP contribution in [0.4, 0.5) is 0 Å². The number of esters is 1. The second kappa shape index (κ2) is 7.21. The summed E-state index contributed by atoms with van der Waals surface area (Å²) in [5.41, 5.74) is 0. The van der Waals surface area contributed by atoms with E-state index in [0.29, 0.717) is 19.4 Å². The fourth-order valence-electron chi connectivity index (χ4n) is 2.40. The van der Waals surface area contributed by atoms with Crippen LogP contribution in [-0.4, -0.2) is 46.0 Å². The minimum absolute atomic E-state index is 0.183. The Morgan fingerprint density at radius 1 is 1.42 bits per heavy atom. The van der Waals surface area contributed by atoms with E-state index in [1.807, 2.05) is 6.92 Å².